The fourth-order valence-electron chi connectivity index (χ4n) is 3.01. The second-order valence-corrected chi connectivity index (χ2v) is 5.74. The van der Waals surface area contributed by atoms with Gasteiger partial charge in [0.25, 0.3) is 0 Å². The van der Waals surface area contributed by atoms with Crippen LogP contribution < -0.4 is 0 Å². The van der Waals surface area contributed by atoms with Crippen molar-refractivity contribution in [2.24, 2.45) is 0 Å². The first kappa shape index (κ1) is 14.9. The molecule has 0 radical (unpaired) electrons. The molecule has 1 fully saturated rings. The summed E-state index contributed by atoms with van der Waals surface area (Å²) in [6.45, 7) is 1.77. The first-order valence-corrected chi connectivity index (χ1v) is 7.71. The normalized spacial score (nSPS) is 19.2. The van der Waals surface area contributed by atoms with E-state index >= 15 is 0 Å². The lowest BCUT2D eigenvalue weighted by Crippen LogP contribution is -2.41. The number of aliphatic hydroxyl groups excluding tert-OH is 1. The molecule has 116 valence electrons. The Morgan fingerprint density at radius 2 is 2.14 bits per heavy atom. The number of likely N-dealkylation sites (tertiary alicyclic amines) is 1. The van der Waals surface area contributed by atoms with Crippen molar-refractivity contribution in [3.63, 3.8) is 0 Å². The highest BCUT2D eigenvalue weighted by Gasteiger charge is 2.22. The Hall–Kier alpha value is -1.98. The number of hydrogen-bond donors (Lipinski definition) is 2. The van der Waals surface area contributed by atoms with Crippen LogP contribution in [0.15, 0.2) is 36.8 Å². The number of hydrogen-bond acceptors (Lipinski definition) is 5. The van der Waals surface area contributed by atoms with Crippen LogP contribution in [-0.2, 0) is 6.54 Å². The average molecular weight is 299 g/mol. The van der Waals surface area contributed by atoms with Crippen LogP contribution >= 0.6 is 0 Å². The van der Waals surface area contributed by atoms with Gasteiger partial charge in [-0.2, -0.15) is 0 Å². The molecule has 22 heavy (non-hydrogen) atoms. The molecule has 3 rings (SSSR count). The van der Waals surface area contributed by atoms with Crippen molar-refractivity contribution < 1.29 is 10.2 Å². The van der Waals surface area contributed by atoms with Gasteiger partial charge in [-0.3, -0.25) is 14.9 Å². The van der Waals surface area contributed by atoms with Gasteiger partial charge in [0.1, 0.15) is 5.75 Å². The Morgan fingerprint density at radius 3 is 2.91 bits per heavy atom. The summed E-state index contributed by atoms with van der Waals surface area (Å²) in [5, 5.41) is 19.7. The van der Waals surface area contributed by atoms with Gasteiger partial charge in [0, 0.05) is 36.1 Å². The predicted octanol–water partition coefficient (Wildman–Crippen LogP) is 2.20. The number of aromatic nitrogens is 2. The molecule has 2 aromatic rings. The summed E-state index contributed by atoms with van der Waals surface area (Å²) < 4.78 is 0. The highest BCUT2D eigenvalue weighted by atomic mass is 16.3. The third-order valence-corrected chi connectivity index (χ3v) is 4.27. The summed E-state index contributed by atoms with van der Waals surface area (Å²) in [5.41, 5.74) is 2.60. The lowest BCUT2D eigenvalue weighted by atomic mass is 10.0. The van der Waals surface area contributed by atoms with Crippen LogP contribution in [0.5, 0.6) is 5.75 Å². The van der Waals surface area contributed by atoms with Crippen LogP contribution in [0.4, 0.5) is 0 Å². The lowest BCUT2D eigenvalue weighted by Gasteiger charge is -2.34. The van der Waals surface area contributed by atoms with Crippen LogP contribution in [0.2, 0.25) is 0 Å². The number of phenols is 1. The zero-order valence-electron chi connectivity index (χ0n) is 12.5. The Bertz CT molecular complexity index is 619. The van der Waals surface area contributed by atoms with Gasteiger partial charge in [0.15, 0.2) is 0 Å². The molecule has 1 aliphatic heterocycles. The molecule has 1 aromatic carbocycles. The minimum atomic E-state index is 0.171. The van der Waals surface area contributed by atoms with Crippen molar-refractivity contribution in [3.8, 4) is 17.0 Å². The second kappa shape index (κ2) is 6.85. The number of rotatable bonds is 4. The molecule has 2 heterocycles. The molecule has 0 saturated carbocycles. The fourth-order valence-corrected chi connectivity index (χ4v) is 3.01. The summed E-state index contributed by atoms with van der Waals surface area (Å²) in [6.07, 6.45) is 8.34. The average Bonchev–Trinajstić information content (AvgIpc) is 2.58. The number of phenolic OH excluding ortho intramolecular Hbond substituents is 1. The van der Waals surface area contributed by atoms with Gasteiger partial charge in [-0.25, -0.2) is 0 Å². The molecule has 2 N–H and O–H groups in total. The van der Waals surface area contributed by atoms with Gasteiger partial charge in [0.05, 0.1) is 18.5 Å². The van der Waals surface area contributed by atoms with E-state index in [2.05, 4.69) is 14.9 Å². The highest BCUT2D eigenvalue weighted by Crippen LogP contribution is 2.27. The van der Waals surface area contributed by atoms with Crippen molar-refractivity contribution in [1.82, 2.24) is 14.9 Å². The van der Waals surface area contributed by atoms with Crippen LogP contribution in [-0.4, -0.2) is 44.3 Å². The molecule has 1 saturated heterocycles. The van der Waals surface area contributed by atoms with Gasteiger partial charge in [-0.15, -0.1) is 0 Å². The Kier molecular flexibility index (Phi) is 4.65. The third-order valence-electron chi connectivity index (χ3n) is 4.27. The van der Waals surface area contributed by atoms with Gasteiger partial charge >= 0.3 is 0 Å². The van der Waals surface area contributed by atoms with Crippen LogP contribution in [0.1, 0.15) is 24.8 Å². The number of aliphatic hydroxyl groups is 1. The van der Waals surface area contributed by atoms with Crippen LogP contribution in [0.25, 0.3) is 11.3 Å². The van der Waals surface area contributed by atoms with E-state index in [0.717, 1.165) is 42.6 Å². The van der Waals surface area contributed by atoms with Crippen molar-refractivity contribution in [1.29, 1.82) is 0 Å². The van der Waals surface area contributed by atoms with Crippen molar-refractivity contribution >= 4 is 0 Å². The van der Waals surface area contributed by atoms with Crippen LogP contribution in [0, 0.1) is 0 Å². The van der Waals surface area contributed by atoms with Gasteiger partial charge in [-0.1, -0.05) is 6.42 Å². The first-order chi connectivity index (χ1) is 10.8. The number of nitrogens with zero attached hydrogens (tertiary/aromatic N) is 3. The first-order valence-electron chi connectivity index (χ1n) is 7.71. The van der Waals surface area contributed by atoms with E-state index in [0.29, 0.717) is 6.54 Å². The summed E-state index contributed by atoms with van der Waals surface area (Å²) in [6, 6.07) is 5.70. The monoisotopic (exact) mass is 299 g/mol. The van der Waals surface area contributed by atoms with Gasteiger partial charge < -0.3 is 10.2 Å². The maximum absolute atomic E-state index is 10.1. The molecule has 0 aliphatic carbocycles. The van der Waals surface area contributed by atoms with E-state index in [1.807, 2.05) is 12.1 Å². The molecule has 5 heteroatoms. The zero-order valence-corrected chi connectivity index (χ0v) is 12.5. The molecule has 0 spiro atoms. The zero-order chi connectivity index (χ0) is 15.4. The van der Waals surface area contributed by atoms with E-state index < -0.39 is 0 Å². The van der Waals surface area contributed by atoms with Gasteiger partial charge in [0.2, 0.25) is 0 Å². The number of aromatic hydroxyl groups is 1. The van der Waals surface area contributed by atoms with E-state index in [4.69, 9.17) is 0 Å². The van der Waals surface area contributed by atoms with E-state index in [-0.39, 0.29) is 18.4 Å². The molecule has 0 amide bonds. The fraction of sp³-hybridized carbons (Fsp3) is 0.412. The molecular formula is C17H21N3O2. The van der Waals surface area contributed by atoms with Crippen LogP contribution in [0.3, 0.4) is 0 Å². The molecule has 5 nitrogen and oxygen atoms in total. The molecular weight excluding hydrogens is 278 g/mol. The van der Waals surface area contributed by atoms with Crippen molar-refractivity contribution in [3.05, 3.63) is 42.4 Å². The highest BCUT2D eigenvalue weighted by molar-refractivity contribution is 5.60. The largest absolute Gasteiger partial charge is 0.508 e. The molecule has 0 unspecified atom stereocenters. The Balaban J connectivity index is 1.84. The summed E-state index contributed by atoms with van der Waals surface area (Å²) in [5.74, 6) is 0.287. The van der Waals surface area contributed by atoms with E-state index in [1.165, 1.54) is 0 Å². The van der Waals surface area contributed by atoms with Crippen molar-refractivity contribution in [2.75, 3.05) is 13.2 Å². The number of benzene rings is 1. The van der Waals surface area contributed by atoms with E-state index in [1.54, 1.807) is 24.7 Å². The molecule has 1 aromatic heterocycles. The smallest absolute Gasteiger partial charge is 0.120 e. The minimum Gasteiger partial charge on any atom is -0.508 e. The summed E-state index contributed by atoms with van der Waals surface area (Å²) >= 11 is 0. The summed E-state index contributed by atoms with van der Waals surface area (Å²) in [4.78, 5) is 10.6. The summed E-state index contributed by atoms with van der Waals surface area (Å²) in [7, 11) is 0. The predicted molar refractivity (Wildman–Crippen MR) is 84.3 cm³/mol. The molecule has 1 atom stereocenters. The maximum atomic E-state index is 10.1. The van der Waals surface area contributed by atoms with E-state index in [9.17, 15) is 10.2 Å². The quantitative estimate of drug-likeness (QED) is 0.905. The lowest BCUT2D eigenvalue weighted by molar-refractivity contribution is 0.0835. The SMILES string of the molecule is OC[C@@H]1CCCCN1Cc1cc(-c2cnccn2)ccc1O. The third kappa shape index (κ3) is 3.26. The van der Waals surface area contributed by atoms with Crippen molar-refractivity contribution in [2.45, 2.75) is 31.8 Å². The maximum Gasteiger partial charge on any atom is 0.120 e. The number of piperidine rings is 1. The standard InChI is InChI=1S/C17H21N3O2/c21-12-15-3-1-2-8-20(15)11-14-9-13(4-5-17(14)22)16-10-18-6-7-19-16/h4-7,9-10,15,21-22H,1-3,8,11-12H2/t15-/m0/s1. The molecule has 0 bridgehead atoms. The van der Waals surface area contributed by atoms with Gasteiger partial charge in [-0.05, 0) is 37.6 Å². The molecule has 1 aliphatic rings. The minimum absolute atomic E-state index is 0.171. The Labute approximate surface area is 130 Å². The topological polar surface area (TPSA) is 69.5 Å². The second-order valence-electron chi connectivity index (χ2n) is 5.74. The Morgan fingerprint density at radius 1 is 1.23 bits per heavy atom.